The minimum absolute atomic E-state index is 0.704. The van der Waals surface area contributed by atoms with Gasteiger partial charge in [-0.15, -0.1) is 9.35 Å². The molecule has 0 unspecified atom stereocenters. The smallest absolute Gasteiger partial charge is 0.304 e. The zero-order chi connectivity index (χ0) is 26.4. The molecule has 0 saturated carbocycles. The number of hydrogen-bond donors (Lipinski definition) is 0. The Morgan fingerprint density at radius 1 is 0.722 bits per heavy atom. The van der Waals surface area contributed by atoms with E-state index >= 15 is 0 Å². The summed E-state index contributed by atoms with van der Waals surface area (Å²) in [5.74, 6) is 3.63. The quantitative estimate of drug-likeness (QED) is 0.318. The molecular weight excluding hydrogens is 460 g/mol. The molecule has 1 aromatic heterocycles. The van der Waals surface area contributed by atoms with Crippen molar-refractivity contribution in [1.29, 1.82) is 0 Å². The first-order valence-corrected chi connectivity index (χ1v) is 11.3. The summed E-state index contributed by atoms with van der Waals surface area (Å²) < 4.78 is 25.7. The van der Waals surface area contributed by atoms with Crippen LogP contribution in [-0.4, -0.2) is 73.7 Å². The van der Waals surface area contributed by atoms with E-state index in [2.05, 4.69) is 10.2 Å². The summed E-state index contributed by atoms with van der Waals surface area (Å²) in [6.07, 6.45) is 7.17. The molecule has 0 amide bonds. The summed E-state index contributed by atoms with van der Waals surface area (Å²) in [6.45, 7) is 1.93. The van der Waals surface area contributed by atoms with E-state index in [4.69, 9.17) is 18.9 Å². The molecule has 0 radical (unpaired) electrons. The minimum Gasteiger partial charge on any atom is -0.494 e. The lowest BCUT2D eigenvalue weighted by atomic mass is 10.1. The van der Waals surface area contributed by atoms with Gasteiger partial charge in [-0.2, -0.15) is 0 Å². The Bertz CT molecular complexity index is 1120. The second kappa shape index (κ2) is 11.5. The second-order valence-corrected chi connectivity index (χ2v) is 8.36. The number of methoxy groups -OCH3 is 4. The van der Waals surface area contributed by atoms with E-state index in [9.17, 15) is 0 Å². The molecule has 1 heterocycles. The zero-order valence-corrected chi connectivity index (χ0v) is 22.4. The highest BCUT2D eigenvalue weighted by Crippen LogP contribution is 2.38. The summed E-state index contributed by atoms with van der Waals surface area (Å²) in [7, 11) is 14.3. The number of anilines is 2. The molecular formula is C26H35N6O4+. The fourth-order valence-corrected chi connectivity index (χ4v) is 3.81. The van der Waals surface area contributed by atoms with Crippen LogP contribution in [-0.2, 0) is 0 Å². The van der Waals surface area contributed by atoms with Crippen molar-refractivity contribution in [2.45, 2.75) is 6.92 Å². The Balaban J connectivity index is 1.88. The summed E-state index contributed by atoms with van der Waals surface area (Å²) in [5.41, 5.74) is 3.43. The molecule has 2 aromatic carbocycles. The van der Waals surface area contributed by atoms with Crippen LogP contribution in [0, 0.1) is 6.92 Å². The average molecular weight is 496 g/mol. The third-order valence-electron chi connectivity index (χ3n) is 5.57. The van der Waals surface area contributed by atoms with E-state index in [1.807, 2.05) is 81.6 Å². The maximum atomic E-state index is 5.56. The molecule has 0 N–H and O–H groups in total. The molecule has 10 nitrogen and oxygen atoms in total. The Morgan fingerprint density at radius 3 is 1.53 bits per heavy atom. The fraction of sp³-hybridized carbons (Fsp3) is 0.346. The van der Waals surface area contributed by atoms with Crippen LogP contribution >= 0.6 is 0 Å². The molecule has 0 aliphatic heterocycles. The van der Waals surface area contributed by atoms with Crippen LogP contribution in [0.5, 0.6) is 23.0 Å². The monoisotopic (exact) mass is 495 g/mol. The lowest BCUT2D eigenvalue weighted by Crippen LogP contribution is -2.29. The SMILES string of the molecule is COc1cc(/C=N/n2cc[n+](/N=C/c3cc(OC)c(N(C)C)c(OC)c3)c2C)cc(OC)c1N(C)C. The summed E-state index contributed by atoms with van der Waals surface area (Å²) in [5, 5.41) is 9.18. The zero-order valence-electron chi connectivity index (χ0n) is 22.4. The Morgan fingerprint density at radius 2 is 1.14 bits per heavy atom. The van der Waals surface area contributed by atoms with Crippen molar-refractivity contribution >= 4 is 23.8 Å². The molecule has 0 aliphatic rings. The number of ether oxygens (including phenoxy) is 4. The van der Waals surface area contributed by atoms with E-state index in [1.165, 1.54) is 0 Å². The van der Waals surface area contributed by atoms with Crippen LogP contribution in [0.1, 0.15) is 17.0 Å². The predicted octanol–water partition coefficient (Wildman–Crippen LogP) is 3.01. The minimum atomic E-state index is 0.704. The number of benzene rings is 2. The van der Waals surface area contributed by atoms with Gasteiger partial charge in [0.05, 0.1) is 40.9 Å². The molecule has 10 heteroatoms. The summed E-state index contributed by atoms with van der Waals surface area (Å²) in [4.78, 5) is 3.91. The van der Waals surface area contributed by atoms with Crippen LogP contribution < -0.4 is 33.4 Å². The van der Waals surface area contributed by atoms with E-state index in [-0.39, 0.29) is 0 Å². The molecule has 3 aromatic rings. The van der Waals surface area contributed by atoms with Gasteiger partial charge in [-0.25, -0.2) is 0 Å². The number of rotatable bonds is 10. The van der Waals surface area contributed by atoms with E-state index in [0.29, 0.717) is 23.0 Å². The standard InChI is InChI=1S/C26H35N6O4/c1-18-31(27-16-19-12-21(33-6)25(29(2)3)22(13-19)34-7)10-11-32(18)28-17-20-14-23(35-8)26(30(4)5)24(15-20)36-9/h10-17H,1-9H3/q+1/b27-16+,28-17+. The molecule has 36 heavy (non-hydrogen) atoms. The highest BCUT2D eigenvalue weighted by Gasteiger charge is 2.16. The molecule has 0 spiro atoms. The lowest BCUT2D eigenvalue weighted by Gasteiger charge is -2.20. The fourth-order valence-electron chi connectivity index (χ4n) is 3.81. The van der Waals surface area contributed by atoms with Gasteiger partial charge in [0.1, 0.15) is 34.4 Å². The number of nitrogens with zero attached hydrogens (tertiary/aromatic N) is 6. The topological polar surface area (TPSA) is 76.9 Å². The van der Waals surface area contributed by atoms with Gasteiger partial charge in [0.25, 0.3) is 0 Å². The van der Waals surface area contributed by atoms with Crippen molar-refractivity contribution in [2.75, 3.05) is 66.4 Å². The van der Waals surface area contributed by atoms with Crippen LogP contribution in [0.25, 0.3) is 0 Å². The third-order valence-corrected chi connectivity index (χ3v) is 5.57. The van der Waals surface area contributed by atoms with Gasteiger partial charge in [0.2, 0.25) is 0 Å². The van der Waals surface area contributed by atoms with Crippen molar-refractivity contribution in [3.8, 4) is 23.0 Å². The Hall–Kier alpha value is -4.21. The molecule has 0 atom stereocenters. The molecule has 192 valence electrons. The molecule has 3 rings (SSSR count). The second-order valence-electron chi connectivity index (χ2n) is 8.36. The maximum absolute atomic E-state index is 5.56. The Kier molecular flexibility index (Phi) is 8.42. The van der Waals surface area contributed by atoms with Gasteiger partial charge in [-0.3, -0.25) is 0 Å². The largest absolute Gasteiger partial charge is 0.494 e. The van der Waals surface area contributed by atoms with Gasteiger partial charge in [-0.05, 0) is 24.3 Å². The Labute approximate surface area is 212 Å². The predicted molar refractivity (Wildman–Crippen MR) is 143 cm³/mol. The summed E-state index contributed by atoms with van der Waals surface area (Å²) in [6, 6.07) is 7.68. The van der Waals surface area contributed by atoms with Crippen molar-refractivity contribution in [1.82, 2.24) is 4.68 Å². The van der Waals surface area contributed by atoms with Gasteiger partial charge >= 0.3 is 5.82 Å². The van der Waals surface area contributed by atoms with Crippen LogP contribution in [0.2, 0.25) is 0 Å². The van der Waals surface area contributed by atoms with Crippen LogP contribution in [0.4, 0.5) is 11.4 Å². The van der Waals surface area contributed by atoms with Gasteiger partial charge in [0.15, 0.2) is 12.4 Å². The molecule has 0 saturated heterocycles. The molecule has 0 bridgehead atoms. The maximum Gasteiger partial charge on any atom is 0.304 e. The highest BCUT2D eigenvalue weighted by atomic mass is 16.5. The first-order valence-electron chi connectivity index (χ1n) is 11.3. The number of imidazole rings is 1. The molecule has 0 fully saturated rings. The van der Waals surface area contributed by atoms with Crippen molar-refractivity contribution < 1.29 is 23.6 Å². The van der Waals surface area contributed by atoms with E-state index in [0.717, 1.165) is 28.3 Å². The van der Waals surface area contributed by atoms with E-state index in [1.54, 1.807) is 50.2 Å². The first-order chi connectivity index (χ1) is 17.2. The third kappa shape index (κ3) is 5.54. The number of hydrogen-bond acceptors (Lipinski definition) is 8. The van der Waals surface area contributed by atoms with Gasteiger partial charge in [-0.1, -0.05) is 10.2 Å². The number of aromatic nitrogens is 2. The van der Waals surface area contributed by atoms with Crippen molar-refractivity contribution in [3.05, 3.63) is 53.6 Å². The van der Waals surface area contributed by atoms with Crippen molar-refractivity contribution in [3.63, 3.8) is 0 Å². The highest BCUT2D eigenvalue weighted by molar-refractivity contribution is 5.85. The average Bonchev–Trinajstić information content (AvgIpc) is 3.23. The first kappa shape index (κ1) is 26.4. The molecule has 0 aliphatic carbocycles. The van der Waals surface area contributed by atoms with Crippen LogP contribution in [0.15, 0.2) is 46.9 Å². The van der Waals surface area contributed by atoms with Gasteiger partial charge < -0.3 is 28.7 Å². The van der Waals surface area contributed by atoms with Crippen LogP contribution in [0.3, 0.4) is 0 Å². The van der Waals surface area contributed by atoms with Crippen molar-refractivity contribution in [2.24, 2.45) is 10.2 Å². The van der Waals surface area contributed by atoms with E-state index < -0.39 is 0 Å². The van der Waals surface area contributed by atoms with Gasteiger partial charge in [0, 0.05) is 46.2 Å². The normalized spacial score (nSPS) is 11.2. The summed E-state index contributed by atoms with van der Waals surface area (Å²) >= 11 is 0. The lowest BCUT2D eigenvalue weighted by molar-refractivity contribution is -0.684.